The second kappa shape index (κ2) is 5.56. The molecule has 0 radical (unpaired) electrons. The Hall–Kier alpha value is -1.29. The molecule has 0 bridgehead atoms. The highest BCUT2D eigenvalue weighted by molar-refractivity contribution is 7.99. The number of aliphatic carboxylic acids is 1. The Kier molecular flexibility index (Phi) is 4.37. The van der Waals surface area contributed by atoms with Gasteiger partial charge in [-0.3, -0.25) is 9.59 Å². The first-order valence-electron chi connectivity index (χ1n) is 4.55. The number of thioether (sulfide) groups is 1. The molecule has 0 aliphatic heterocycles. The Morgan fingerprint density at radius 1 is 1.27 bits per heavy atom. The zero-order valence-corrected chi connectivity index (χ0v) is 9.21. The molecule has 0 atom stereocenters. The first kappa shape index (κ1) is 11.8. The summed E-state index contributed by atoms with van der Waals surface area (Å²) < 4.78 is 0. The van der Waals surface area contributed by atoms with Crippen LogP contribution in [0, 0.1) is 0 Å². The Labute approximate surface area is 92.5 Å². The van der Waals surface area contributed by atoms with Crippen LogP contribution in [-0.4, -0.2) is 22.6 Å². The molecule has 0 aromatic heterocycles. The molecule has 0 amide bonds. The minimum atomic E-state index is -0.789. The lowest BCUT2D eigenvalue weighted by atomic mass is 10.2. The molecule has 80 valence electrons. The Morgan fingerprint density at radius 2 is 1.87 bits per heavy atom. The topological polar surface area (TPSA) is 54.4 Å². The van der Waals surface area contributed by atoms with Crippen molar-refractivity contribution < 1.29 is 14.7 Å². The lowest BCUT2D eigenvalue weighted by Gasteiger charge is -2.00. The number of benzene rings is 1. The molecule has 1 aromatic rings. The van der Waals surface area contributed by atoms with Crippen LogP contribution in [0.2, 0.25) is 0 Å². The first-order chi connectivity index (χ1) is 7.09. The highest BCUT2D eigenvalue weighted by atomic mass is 32.2. The van der Waals surface area contributed by atoms with Gasteiger partial charge in [-0.1, -0.05) is 12.1 Å². The molecule has 3 nitrogen and oxygen atoms in total. The van der Waals surface area contributed by atoms with Crippen LogP contribution < -0.4 is 0 Å². The van der Waals surface area contributed by atoms with Crippen molar-refractivity contribution in [3.05, 3.63) is 29.8 Å². The van der Waals surface area contributed by atoms with E-state index in [1.807, 2.05) is 12.1 Å². The van der Waals surface area contributed by atoms with Crippen molar-refractivity contribution >= 4 is 23.5 Å². The van der Waals surface area contributed by atoms with Crippen molar-refractivity contribution in [2.45, 2.75) is 18.2 Å². The maximum atomic E-state index is 11.0. The molecule has 0 fully saturated rings. The van der Waals surface area contributed by atoms with Crippen LogP contribution in [0.25, 0.3) is 0 Å². The fourth-order valence-corrected chi connectivity index (χ4v) is 1.88. The number of carbonyl (C=O) groups excluding carboxylic acids is 1. The van der Waals surface area contributed by atoms with Crippen LogP contribution in [0.3, 0.4) is 0 Å². The van der Waals surface area contributed by atoms with E-state index in [1.165, 1.54) is 18.7 Å². The molecular formula is C11H12O3S. The van der Waals surface area contributed by atoms with Crippen LogP contribution in [-0.2, 0) is 4.79 Å². The molecule has 0 saturated heterocycles. The van der Waals surface area contributed by atoms with Gasteiger partial charge in [0.05, 0.1) is 6.42 Å². The summed E-state index contributed by atoms with van der Waals surface area (Å²) in [7, 11) is 0. The van der Waals surface area contributed by atoms with Gasteiger partial charge in [0.1, 0.15) is 0 Å². The largest absolute Gasteiger partial charge is 0.481 e. The molecule has 1 N–H and O–H groups in total. The highest BCUT2D eigenvalue weighted by Gasteiger charge is 2.01. The number of hydrogen-bond donors (Lipinski definition) is 1. The van der Waals surface area contributed by atoms with Crippen molar-refractivity contribution in [3.63, 3.8) is 0 Å². The number of ketones is 1. The number of rotatable bonds is 5. The third kappa shape index (κ3) is 4.16. The Bertz CT molecular complexity index is 357. The standard InChI is InChI=1S/C11H12O3S/c1-8(12)9-2-4-10(5-3-9)15-7-6-11(13)14/h2-5H,6-7H2,1H3,(H,13,14). The van der Waals surface area contributed by atoms with Gasteiger partial charge in [-0.2, -0.15) is 0 Å². The van der Waals surface area contributed by atoms with E-state index in [0.717, 1.165) is 4.90 Å². The molecule has 1 rings (SSSR count). The molecule has 0 aliphatic carbocycles. The summed E-state index contributed by atoms with van der Waals surface area (Å²) in [5.74, 6) is -0.200. The van der Waals surface area contributed by atoms with Gasteiger partial charge in [0, 0.05) is 16.2 Å². The summed E-state index contributed by atoms with van der Waals surface area (Å²) in [6.07, 6.45) is 0.152. The van der Waals surface area contributed by atoms with Crippen molar-refractivity contribution in [1.82, 2.24) is 0 Å². The third-order valence-electron chi connectivity index (χ3n) is 1.85. The highest BCUT2D eigenvalue weighted by Crippen LogP contribution is 2.19. The van der Waals surface area contributed by atoms with E-state index >= 15 is 0 Å². The quantitative estimate of drug-likeness (QED) is 0.616. The van der Waals surface area contributed by atoms with Crippen molar-refractivity contribution in [1.29, 1.82) is 0 Å². The van der Waals surface area contributed by atoms with Crippen LogP contribution in [0.4, 0.5) is 0 Å². The van der Waals surface area contributed by atoms with E-state index in [2.05, 4.69) is 0 Å². The van der Waals surface area contributed by atoms with E-state index < -0.39 is 5.97 Å². The maximum Gasteiger partial charge on any atom is 0.304 e. The van der Waals surface area contributed by atoms with E-state index in [1.54, 1.807) is 12.1 Å². The summed E-state index contributed by atoms with van der Waals surface area (Å²) >= 11 is 1.48. The summed E-state index contributed by atoms with van der Waals surface area (Å²) in [5.41, 5.74) is 0.678. The zero-order valence-electron chi connectivity index (χ0n) is 8.40. The van der Waals surface area contributed by atoms with Gasteiger partial charge in [-0.05, 0) is 19.1 Å². The molecule has 0 aliphatic rings. The maximum absolute atomic E-state index is 11.0. The van der Waals surface area contributed by atoms with Crippen LogP contribution >= 0.6 is 11.8 Å². The Morgan fingerprint density at radius 3 is 2.33 bits per heavy atom. The average molecular weight is 224 g/mol. The van der Waals surface area contributed by atoms with Crippen LogP contribution in [0.5, 0.6) is 0 Å². The van der Waals surface area contributed by atoms with Gasteiger partial charge in [-0.25, -0.2) is 0 Å². The molecular weight excluding hydrogens is 212 g/mol. The molecule has 15 heavy (non-hydrogen) atoms. The fourth-order valence-electron chi connectivity index (χ4n) is 1.04. The smallest absolute Gasteiger partial charge is 0.304 e. The van der Waals surface area contributed by atoms with E-state index in [0.29, 0.717) is 11.3 Å². The van der Waals surface area contributed by atoms with Gasteiger partial charge in [0.2, 0.25) is 0 Å². The third-order valence-corrected chi connectivity index (χ3v) is 2.86. The van der Waals surface area contributed by atoms with E-state index in [4.69, 9.17) is 5.11 Å². The number of carboxylic acids is 1. The summed E-state index contributed by atoms with van der Waals surface area (Å²) in [4.78, 5) is 22.2. The predicted molar refractivity (Wildman–Crippen MR) is 59.4 cm³/mol. The lowest BCUT2D eigenvalue weighted by Crippen LogP contribution is -1.96. The SMILES string of the molecule is CC(=O)c1ccc(SCCC(=O)O)cc1. The van der Waals surface area contributed by atoms with Gasteiger partial charge < -0.3 is 5.11 Å². The average Bonchev–Trinajstić information content (AvgIpc) is 2.18. The normalized spacial score (nSPS) is 9.93. The minimum Gasteiger partial charge on any atom is -0.481 e. The number of carboxylic acid groups (broad SMARTS) is 1. The summed E-state index contributed by atoms with van der Waals surface area (Å²) in [5, 5.41) is 8.45. The van der Waals surface area contributed by atoms with Crippen molar-refractivity contribution in [3.8, 4) is 0 Å². The first-order valence-corrected chi connectivity index (χ1v) is 5.54. The molecule has 4 heteroatoms. The van der Waals surface area contributed by atoms with Gasteiger partial charge >= 0.3 is 5.97 Å². The molecule has 1 aromatic carbocycles. The van der Waals surface area contributed by atoms with E-state index in [9.17, 15) is 9.59 Å². The second-order valence-electron chi connectivity index (χ2n) is 3.07. The minimum absolute atomic E-state index is 0.0390. The zero-order chi connectivity index (χ0) is 11.3. The van der Waals surface area contributed by atoms with Gasteiger partial charge in [0.25, 0.3) is 0 Å². The van der Waals surface area contributed by atoms with Crippen molar-refractivity contribution in [2.75, 3.05) is 5.75 Å². The monoisotopic (exact) mass is 224 g/mol. The van der Waals surface area contributed by atoms with Crippen LogP contribution in [0.15, 0.2) is 29.2 Å². The predicted octanol–water partition coefficient (Wildman–Crippen LogP) is 2.46. The van der Waals surface area contributed by atoms with Gasteiger partial charge in [-0.15, -0.1) is 11.8 Å². The number of carbonyl (C=O) groups is 2. The summed E-state index contributed by atoms with van der Waals surface area (Å²) in [6.45, 7) is 1.52. The molecule has 0 saturated carbocycles. The second-order valence-corrected chi connectivity index (χ2v) is 4.24. The van der Waals surface area contributed by atoms with Gasteiger partial charge in [0.15, 0.2) is 5.78 Å². The lowest BCUT2D eigenvalue weighted by molar-refractivity contribution is -0.136. The van der Waals surface area contributed by atoms with Crippen molar-refractivity contribution in [2.24, 2.45) is 0 Å². The number of Topliss-reactive ketones (excluding diaryl/α,β-unsaturated/α-hetero) is 1. The molecule has 0 heterocycles. The van der Waals surface area contributed by atoms with E-state index in [-0.39, 0.29) is 12.2 Å². The molecule has 0 spiro atoms. The Balaban J connectivity index is 2.50. The molecule has 0 unspecified atom stereocenters. The fraction of sp³-hybridized carbons (Fsp3) is 0.273. The van der Waals surface area contributed by atoms with Crippen LogP contribution in [0.1, 0.15) is 23.7 Å². The summed E-state index contributed by atoms with van der Waals surface area (Å²) in [6, 6.07) is 7.18. The number of hydrogen-bond acceptors (Lipinski definition) is 3.